The van der Waals surface area contributed by atoms with Crippen molar-refractivity contribution in [3.05, 3.63) is 65.9 Å². The van der Waals surface area contributed by atoms with Crippen molar-refractivity contribution < 1.29 is 14.7 Å². The third-order valence-electron chi connectivity index (χ3n) is 4.65. The van der Waals surface area contributed by atoms with Crippen LogP contribution in [0, 0.1) is 0 Å². The van der Waals surface area contributed by atoms with Gasteiger partial charge in [0.2, 0.25) is 0 Å². The number of carboxylic acid groups (broad SMARTS) is 1. The van der Waals surface area contributed by atoms with Crippen LogP contribution in [0.15, 0.2) is 54.7 Å². The molecular formula is C23H24N2O3. The summed E-state index contributed by atoms with van der Waals surface area (Å²) in [7, 11) is 0. The molecule has 0 atom stereocenters. The van der Waals surface area contributed by atoms with Crippen molar-refractivity contribution in [3.8, 4) is 11.1 Å². The summed E-state index contributed by atoms with van der Waals surface area (Å²) in [5.74, 6) is -0.966. The Hall–Kier alpha value is -3.21. The van der Waals surface area contributed by atoms with Gasteiger partial charge in [-0.3, -0.25) is 9.78 Å². The van der Waals surface area contributed by atoms with E-state index in [0.717, 1.165) is 48.0 Å². The number of amides is 1. The van der Waals surface area contributed by atoms with Gasteiger partial charge in [-0.15, -0.1) is 0 Å². The number of rotatable bonds is 7. The normalized spacial score (nSPS) is 10.8. The minimum Gasteiger partial charge on any atom is -0.478 e. The van der Waals surface area contributed by atoms with Crippen LogP contribution in [0.4, 0.5) is 0 Å². The maximum Gasteiger partial charge on any atom is 0.335 e. The molecule has 3 aromatic rings. The second-order valence-corrected chi connectivity index (χ2v) is 6.78. The maximum atomic E-state index is 12.9. The lowest BCUT2D eigenvalue weighted by Crippen LogP contribution is -2.32. The van der Waals surface area contributed by atoms with Crippen LogP contribution in [0.3, 0.4) is 0 Å². The van der Waals surface area contributed by atoms with Crippen molar-refractivity contribution in [1.29, 1.82) is 0 Å². The molecule has 144 valence electrons. The highest BCUT2D eigenvalue weighted by Gasteiger charge is 2.16. The van der Waals surface area contributed by atoms with Crippen molar-refractivity contribution in [2.75, 3.05) is 13.1 Å². The van der Waals surface area contributed by atoms with Crippen molar-refractivity contribution >= 4 is 22.8 Å². The Bertz CT molecular complexity index is 1010. The van der Waals surface area contributed by atoms with Crippen LogP contribution in [0.25, 0.3) is 22.0 Å². The molecule has 0 bridgehead atoms. The lowest BCUT2D eigenvalue weighted by Gasteiger charge is -2.21. The Morgan fingerprint density at radius 3 is 2.36 bits per heavy atom. The summed E-state index contributed by atoms with van der Waals surface area (Å²) in [6, 6.07) is 14.4. The van der Waals surface area contributed by atoms with Crippen LogP contribution in [0.5, 0.6) is 0 Å². The molecule has 1 amide bonds. The molecule has 0 radical (unpaired) electrons. The van der Waals surface area contributed by atoms with Crippen LogP contribution >= 0.6 is 0 Å². The topological polar surface area (TPSA) is 70.5 Å². The first-order valence-electron chi connectivity index (χ1n) is 9.57. The highest BCUT2D eigenvalue weighted by atomic mass is 16.4. The van der Waals surface area contributed by atoms with Gasteiger partial charge in [0.1, 0.15) is 0 Å². The quantitative estimate of drug-likeness (QED) is 0.639. The summed E-state index contributed by atoms with van der Waals surface area (Å²) in [5.41, 5.74) is 3.19. The first-order chi connectivity index (χ1) is 13.5. The summed E-state index contributed by atoms with van der Waals surface area (Å²) in [6.45, 7) is 5.58. The van der Waals surface area contributed by atoms with Crippen LogP contribution in [-0.4, -0.2) is 40.0 Å². The Morgan fingerprint density at radius 2 is 1.68 bits per heavy atom. The number of hydrogen-bond acceptors (Lipinski definition) is 3. The second-order valence-electron chi connectivity index (χ2n) is 6.78. The molecule has 0 aliphatic heterocycles. The lowest BCUT2D eigenvalue weighted by molar-refractivity contribution is 0.0695. The van der Waals surface area contributed by atoms with E-state index >= 15 is 0 Å². The molecular weight excluding hydrogens is 352 g/mol. The number of aromatic nitrogens is 1. The molecule has 0 fully saturated rings. The number of nitrogens with zero attached hydrogens (tertiary/aromatic N) is 2. The molecule has 0 aliphatic rings. The van der Waals surface area contributed by atoms with E-state index in [1.807, 2.05) is 35.2 Å². The third-order valence-corrected chi connectivity index (χ3v) is 4.65. The monoisotopic (exact) mass is 376 g/mol. The maximum absolute atomic E-state index is 12.9. The molecule has 1 heterocycles. The van der Waals surface area contributed by atoms with Crippen LogP contribution < -0.4 is 0 Å². The van der Waals surface area contributed by atoms with Gasteiger partial charge in [-0.1, -0.05) is 44.2 Å². The van der Waals surface area contributed by atoms with Gasteiger partial charge in [0.15, 0.2) is 0 Å². The molecule has 2 aromatic carbocycles. The second kappa shape index (κ2) is 8.65. The van der Waals surface area contributed by atoms with Crippen molar-refractivity contribution in [2.45, 2.75) is 26.7 Å². The van der Waals surface area contributed by atoms with Gasteiger partial charge >= 0.3 is 5.97 Å². The number of carbonyl (C=O) groups is 2. The van der Waals surface area contributed by atoms with Crippen LogP contribution in [0.2, 0.25) is 0 Å². The zero-order valence-electron chi connectivity index (χ0n) is 16.2. The van der Waals surface area contributed by atoms with E-state index in [1.54, 1.807) is 24.4 Å². The average molecular weight is 376 g/mol. The van der Waals surface area contributed by atoms with Gasteiger partial charge < -0.3 is 10.0 Å². The molecule has 3 rings (SSSR count). The summed E-state index contributed by atoms with van der Waals surface area (Å²) in [4.78, 5) is 30.6. The van der Waals surface area contributed by atoms with Gasteiger partial charge in [-0.25, -0.2) is 4.79 Å². The highest BCUT2D eigenvalue weighted by molar-refractivity contribution is 6.01. The number of carbonyl (C=O) groups excluding carboxylic acids is 1. The zero-order chi connectivity index (χ0) is 20.1. The Balaban J connectivity index is 2.02. The fourth-order valence-corrected chi connectivity index (χ4v) is 3.37. The zero-order valence-corrected chi connectivity index (χ0v) is 16.2. The first-order valence-corrected chi connectivity index (χ1v) is 9.57. The highest BCUT2D eigenvalue weighted by Crippen LogP contribution is 2.28. The number of para-hydroxylation sites is 1. The van der Waals surface area contributed by atoms with Crippen LogP contribution in [-0.2, 0) is 0 Å². The van der Waals surface area contributed by atoms with Gasteiger partial charge in [0.05, 0.1) is 16.6 Å². The molecule has 1 aromatic heterocycles. The molecule has 0 unspecified atom stereocenters. The number of carboxylic acids is 1. The fourth-order valence-electron chi connectivity index (χ4n) is 3.37. The summed E-state index contributed by atoms with van der Waals surface area (Å²) >= 11 is 0. The van der Waals surface area contributed by atoms with E-state index < -0.39 is 5.97 Å². The molecule has 0 spiro atoms. The van der Waals surface area contributed by atoms with E-state index in [-0.39, 0.29) is 11.5 Å². The SMILES string of the molecule is CCCN(CCC)C(=O)c1cnc2c(-c3cccc(C(=O)O)c3)cccc2c1. The number of fused-ring (bicyclic) bond motifs is 1. The van der Waals surface area contributed by atoms with Crippen molar-refractivity contribution in [1.82, 2.24) is 9.88 Å². The summed E-state index contributed by atoms with van der Waals surface area (Å²) < 4.78 is 0. The molecule has 0 aliphatic carbocycles. The van der Waals surface area contributed by atoms with Crippen molar-refractivity contribution in [2.24, 2.45) is 0 Å². The predicted molar refractivity (Wildman–Crippen MR) is 111 cm³/mol. The average Bonchev–Trinajstić information content (AvgIpc) is 2.72. The van der Waals surface area contributed by atoms with E-state index in [1.165, 1.54) is 0 Å². The molecule has 0 saturated carbocycles. The van der Waals surface area contributed by atoms with E-state index in [9.17, 15) is 14.7 Å². The standard InChI is InChI=1S/C23H24N2O3/c1-3-11-25(12-4-2)22(26)19-14-17-8-6-10-20(21(17)24-15-19)16-7-5-9-18(13-16)23(27)28/h5-10,13-15H,3-4,11-12H2,1-2H3,(H,27,28). The smallest absolute Gasteiger partial charge is 0.335 e. The van der Waals surface area contributed by atoms with Gasteiger partial charge in [-0.2, -0.15) is 0 Å². The lowest BCUT2D eigenvalue weighted by atomic mass is 9.99. The first kappa shape index (κ1) is 19.5. The molecule has 1 N–H and O–H groups in total. The van der Waals surface area contributed by atoms with Gasteiger partial charge in [0, 0.05) is 30.2 Å². The molecule has 5 heteroatoms. The summed E-state index contributed by atoms with van der Waals surface area (Å²) in [6.07, 6.45) is 3.45. The Morgan fingerprint density at radius 1 is 0.964 bits per heavy atom. The fraction of sp³-hybridized carbons (Fsp3) is 0.261. The van der Waals surface area contributed by atoms with Crippen molar-refractivity contribution in [3.63, 3.8) is 0 Å². The molecule has 5 nitrogen and oxygen atoms in total. The molecule has 28 heavy (non-hydrogen) atoms. The van der Waals surface area contributed by atoms with Gasteiger partial charge in [0.25, 0.3) is 5.91 Å². The largest absolute Gasteiger partial charge is 0.478 e. The Kier molecular flexibility index (Phi) is 6.04. The predicted octanol–water partition coefficient (Wildman–Crippen LogP) is 4.86. The minimum atomic E-state index is -0.963. The van der Waals surface area contributed by atoms with E-state index in [0.29, 0.717) is 5.56 Å². The van der Waals surface area contributed by atoms with E-state index in [4.69, 9.17) is 0 Å². The number of aromatic carboxylic acids is 1. The number of pyridine rings is 1. The number of hydrogen-bond donors (Lipinski definition) is 1. The van der Waals surface area contributed by atoms with E-state index in [2.05, 4.69) is 18.8 Å². The minimum absolute atomic E-state index is 0.00335. The van der Waals surface area contributed by atoms with Gasteiger partial charge in [-0.05, 0) is 36.6 Å². The number of benzene rings is 2. The Labute approximate surface area is 164 Å². The van der Waals surface area contributed by atoms with Crippen LogP contribution in [0.1, 0.15) is 47.4 Å². The third kappa shape index (κ3) is 4.03. The molecule has 0 saturated heterocycles. The summed E-state index contributed by atoms with van der Waals surface area (Å²) in [5, 5.41) is 10.1.